The van der Waals surface area contributed by atoms with Gasteiger partial charge in [0.25, 0.3) is 5.91 Å². The molecule has 1 atom stereocenters. The number of morpholine rings is 1. The number of ether oxygens (including phenoxy) is 1. The van der Waals surface area contributed by atoms with Gasteiger partial charge >= 0.3 is 0 Å². The van der Waals surface area contributed by atoms with Gasteiger partial charge in [0, 0.05) is 30.6 Å². The van der Waals surface area contributed by atoms with E-state index in [0.717, 1.165) is 18.7 Å². The minimum Gasteiger partial charge on any atom is -0.448 e. The number of halogens is 1. The van der Waals surface area contributed by atoms with Gasteiger partial charge in [-0.2, -0.15) is 0 Å². The summed E-state index contributed by atoms with van der Waals surface area (Å²) in [6.07, 6.45) is 0. The fourth-order valence-electron chi connectivity index (χ4n) is 3.61. The quantitative estimate of drug-likeness (QED) is 0.731. The summed E-state index contributed by atoms with van der Waals surface area (Å²) in [6, 6.07) is 14.4. The highest BCUT2D eigenvalue weighted by Gasteiger charge is 2.24. The smallest absolute Gasteiger partial charge is 0.287 e. The number of furan rings is 1. The Balaban J connectivity index is 1.60. The molecule has 2 aromatic carbocycles. The van der Waals surface area contributed by atoms with Crippen LogP contribution in [-0.2, 0) is 4.74 Å². The molecule has 0 unspecified atom stereocenters. The Morgan fingerprint density at radius 1 is 1.14 bits per heavy atom. The van der Waals surface area contributed by atoms with Gasteiger partial charge in [0.15, 0.2) is 17.2 Å². The Labute approximate surface area is 163 Å². The molecule has 1 saturated heterocycles. The van der Waals surface area contributed by atoms with E-state index in [4.69, 9.17) is 9.15 Å². The molecular formula is C22H23FN2O3. The summed E-state index contributed by atoms with van der Waals surface area (Å²) < 4.78 is 25.1. The van der Waals surface area contributed by atoms with Crippen LogP contribution in [0.2, 0.25) is 0 Å². The zero-order valence-electron chi connectivity index (χ0n) is 15.8. The first-order chi connectivity index (χ1) is 13.6. The van der Waals surface area contributed by atoms with Crippen LogP contribution in [0.3, 0.4) is 0 Å². The third-order valence-corrected chi connectivity index (χ3v) is 5.17. The van der Waals surface area contributed by atoms with E-state index in [1.165, 1.54) is 6.07 Å². The van der Waals surface area contributed by atoms with Crippen molar-refractivity contribution in [3.63, 3.8) is 0 Å². The predicted octanol–water partition coefficient (Wildman–Crippen LogP) is 3.68. The number of fused-ring (bicyclic) bond motifs is 1. The van der Waals surface area contributed by atoms with E-state index in [-0.39, 0.29) is 23.3 Å². The van der Waals surface area contributed by atoms with E-state index in [0.29, 0.717) is 30.7 Å². The van der Waals surface area contributed by atoms with E-state index in [2.05, 4.69) is 10.2 Å². The molecule has 0 spiro atoms. The standard InChI is InChI=1S/C22H23FN2O3/c1-15-17-8-5-9-18(23)21(17)28-20(15)22(26)24-19(16-6-3-2-4-7-16)14-25-10-12-27-13-11-25/h2-9,19H,10-14H2,1H3,(H,24,26)/t19-/m1/s1. The van der Waals surface area contributed by atoms with Crippen LogP contribution >= 0.6 is 0 Å². The van der Waals surface area contributed by atoms with Crippen molar-refractivity contribution in [2.24, 2.45) is 0 Å². The first-order valence-corrected chi connectivity index (χ1v) is 9.47. The molecule has 0 radical (unpaired) electrons. The number of carbonyl (C=O) groups is 1. The number of hydrogen-bond acceptors (Lipinski definition) is 4. The van der Waals surface area contributed by atoms with Crippen molar-refractivity contribution in [1.82, 2.24) is 10.2 Å². The lowest BCUT2D eigenvalue weighted by atomic mass is 10.1. The Morgan fingerprint density at radius 3 is 2.61 bits per heavy atom. The van der Waals surface area contributed by atoms with Gasteiger partial charge < -0.3 is 14.5 Å². The minimum absolute atomic E-state index is 0.120. The van der Waals surface area contributed by atoms with E-state index < -0.39 is 5.82 Å². The molecular weight excluding hydrogens is 359 g/mol. The van der Waals surface area contributed by atoms with Crippen LogP contribution in [0.15, 0.2) is 52.9 Å². The second-order valence-electron chi connectivity index (χ2n) is 7.02. The molecule has 28 heavy (non-hydrogen) atoms. The van der Waals surface area contributed by atoms with Gasteiger partial charge in [0.1, 0.15) is 0 Å². The monoisotopic (exact) mass is 382 g/mol. The van der Waals surface area contributed by atoms with Crippen LogP contribution in [0, 0.1) is 12.7 Å². The van der Waals surface area contributed by atoms with E-state index in [1.54, 1.807) is 19.1 Å². The zero-order chi connectivity index (χ0) is 19.5. The van der Waals surface area contributed by atoms with Gasteiger partial charge in [-0.05, 0) is 18.6 Å². The van der Waals surface area contributed by atoms with Gasteiger partial charge in [0.2, 0.25) is 0 Å². The molecule has 0 saturated carbocycles. The normalized spacial score (nSPS) is 16.2. The summed E-state index contributed by atoms with van der Waals surface area (Å²) in [6.45, 7) is 5.49. The number of amides is 1. The predicted molar refractivity (Wildman–Crippen MR) is 105 cm³/mol. The Hall–Kier alpha value is -2.70. The number of carbonyl (C=O) groups excluding carboxylic acids is 1. The van der Waals surface area contributed by atoms with Gasteiger partial charge in [-0.1, -0.05) is 42.5 Å². The molecule has 3 aromatic rings. The maximum atomic E-state index is 14.0. The molecule has 5 nitrogen and oxygen atoms in total. The van der Waals surface area contributed by atoms with Crippen LogP contribution < -0.4 is 5.32 Å². The number of para-hydroxylation sites is 1. The molecule has 1 aliphatic heterocycles. The molecule has 0 bridgehead atoms. The van der Waals surface area contributed by atoms with Gasteiger partial charge in [-0.15, -0.1) is 0 Å². The third kappa shape index (κ3) is 3.79. The highest BCUT2D eigenvalue weighted by Crippen LogP contribution is 2.28. The Morgan fingerprint density at radius 2 is 1.89 bits per heavy atom. The van der Waals surface area contributed by atoms with Gasteiger partial charge in [0.05, 0.1) is 19.3 Å². The summed E-state index contributed by atoms with van der Waals surface area (Å²) in [5.74, 6) is -0.647. The largest absolute Gasteiger partial charge is 0.448 e. The SMILES string of the molecule is Cc1c(C(=O)N[C@H](CN2CCOCC2)c2ccccc2)oc2c(F)cccc12. The number of hydrogen-bond donors (Lipinski definition) is 1. The van der Waals surface area contributed by atoms with Crippen molar-refractivity contribution >= 4 is 16.9 Å². The molecule has 2 heterocycles. The Kier molecular flexibility index (Phi) is 5.41. The fraction of sp³-hybridized carbons (Fsp3) is 0.318. The van der Waals surface area contributed by atoms with E-state index in [9.17, 15) is 9.18 Å². The van der Waals surface area contributed by atoms with E-state index in [1.807, 2.05) is 30.3 Å². The lowest BCUT2D eigenvalue weighted by Gasteiger charge is -2.31. The molecule has 0 aliphatic carbocycles. The van der Waals surface area contributed by atoms with Crippen LogP contribution in [0.1, 0.15) is 27.7 Å². The minimum atomic E-state index is -0.465. The van der Waals surface area contributed by atoms with Crippen molar-refractivity contribution in [2.75, 3.05) is 32.8 Å². The molecule has 1 amide bonds. The lowest BCUT2D eigenvalue weighted by molar-refractivity contribution is 0.0331. The zero-order valence-corrected chi connectivity index (χ0v) is 15.8. The van der Waals surface area contributed by atoms with E-state index >= 15 is 0 Å². The molecule has 1 N–H and O–H groups in total. The highest BCUT2D eigenvalue weighted by atomic mass is 19.1. The maximum absolute atomic E-state index is 14.0. The maximum Gasteiger partial charge on any atom is 0.287 e. The highest BCUT2D eigenvalue weighted by molar-refractivity contribution is 5.99. The molecule has 4 rings (SSSR count). The third-order valence-electron chi connectivity index (χ3n) is 5.17. The molecule has 1 aliphatic rings. The topological polar surface area (TPSA) is 54.7 Å². The Bertz CT molecular complexity index is 965. The van der Waals surface area contributed by atoms with Crippen molar-refractivity contribution in [3.05, 3.63) is 71.2 Å². The molecule has 6 heteroatoms. The van der Waals surface area contributed by atoms with Gasteiger partial charge in [-0.25, -0.2) is 4.39 Å². The molecule has 1 aromatic heterocycles. The molecule has 146 valence electrons. The van der Waals surface area contributed by atoms with Crippen molar-refractivity contribution in [3.8, 4) is 0 Å². The van der Waals surface area contributed by atoms with Crippen LogP contribution in [-0.4, -0.2) is 43.7 Å². The average Bonchev–Trinajstić information content (AvgIpc) is 3.07. The first-order valence-electron chi connectivity index (χ1n) is 9.47. The number of nitrogens with one attached hydrogen (secondary N) is 1. The lowest BCUT2D eigenvalue weighted by Crippen LogP contribution is -2.43. The van der Waals surface area contributed by atoms with Gasteiger partial charge in [-0.3, -0.25) is 9.69 Å². The summed E-state index contributed by atoms with van der Waals surface area (Å²) in [4.78, 5) is 15.3. The van der Waals surface area contributed by atoms with Crippen LogP contribution in [0.5, 0.6) is 0 Å². The average molecular weight is 382 g/mol. The fourth-order valence-corrected chi connectivity index (χ4v) is 3.61. The van der Waals surface area contributed by atoms with Crippen molar-refractivity contribution in [2.45, 2.75) is 13.0 Å². The second-order valence-corrected chi connectivity index (χ2v) is 7.02. The number of benzene rings is 2. The first kappa shape index (κ1) is 18.7. The number of rotatable bonds is 5. The summed E-state index contributed by atoms with van der Waals surface area (Å²) in [5, 5.41) is 3.70. The number of aryl methyl sites for hydroxylation is 1. The van der Waals surface area contributed by atoms with Crippen molar-refractivity contribution in [1.29, 1.82) is 0 Å². The summed E-state index contributed by atoms with van der Waals surface area (Å²) >= 11 is 0. The van der Waals surface area contributed by atoms with Crippen molar-refractivity contribution < 1.29 is 18.3 Å². The summed E-state index contributed by atoms with van der Waals surface area (Å²) in [7, 11) is 0. The summed E-state index contributed by atoms with van der Waals surface area (Å²) in [5.41, 5.74) is 1.78. The van der Waals surface area contributed by atoms with Crippen LogP contribution in [0.25, 0.3) is 11.0 Å². The number of nitrogens with zero attached hydrogens (tertiary/aromatic N) is 1. The molecule has 1 fully saturated rings. The van der Waals surface area contributed by atoms with Crippen LogP contribution in [0.4, 0.5) is 4.39 Å². The second kappa shape index (κ2) is 8.12.